The molecule has 3 heteroatoms. The maximum absolute atomic E-state index is 6.26. The van der Waals surface area contributed by atoms with E-state index in [2.05, 4.69) is 31.2 Å². The first kappa shape index (κ1) is 11.1. The normalized spacial score (nSPS) is 14.6. The van der Waals surface area contributed by atoms with Gasteiger partial charge < -0.3 is 15.2 Å². The van der Waals surface area contributed by atoms with Crippen molar-refractivity contribution in [3.05, 3.63) is 59.2 Å². The van der Waals surface area contributed by atoms with E-state index in [0.717, 1.165) is 22.6 Å². The van der Waals surface area contributed by atoms with Crippen molar-refractivity contribution in [1.82, 2.24) is 0 Å². The van der Waals surface area contributed by atoms with Gasteiger partial charge in [-0.05, 0) is 30.2 Å². The van der Waals surface area contributed by atoms with Gasteiger partial charge >= 0.3 is 0 Å². The standard InChI is InChI=1S/C15H15NO2/c1-10-2-4-11(5-3-10)15(16)12-6-7-13-14(8-12)18-9-17-13/h2-8,15H,9,16H2,1H3. The number of rotatable bonds is 2. The van der Waals surface area contributed by atoms with Gasteiger partial charge in [-0.2, -0.15) is 0 Å². The van der Waals surface area contributed by atoms with Crippen LogP contribution in [0.2, 0.25) is 0 Å². The first-order valence-electron chi connectivity index (χ1n) is 5.96. The zero-order valence-electron chi connectivity index (χ0n) is 10.2. The van der Waals surface area contributed by atoms with Gasteiger partial charge in [0.15, 0.2) is 11.5 Å². The highest BCUT2D eigenvalue weighted by atomic mass is 16.7. The fourth-order valence-electron chi connectivity index (χ4n) is 2.07. The first-order chi connectivity index (χ1) is 8.74. The van der Waals surface area contributed by atoms with E-state index in [1.54, 1.807) is 0 Å². The van der Waals surface area contributed by atoms with E-state index in [1.165, 1.54) is 5.56 Å². The van der Waals surface area contributed by atoms with Crippen LogP contribution in [0.25, 0.3) is 0 Å². The van der Waals surface area contributed by atoms with Gasteiger partial charge in [-0.3, -0.25) is 0 Å². The van der Waals surface area contributed by atoms with E-state index in [-0.39, 0.29) is 6.04 Å². The van der Waals surface area contributed by atoms with Crippen LogP contribution >= 0.6 is 0 Å². The van der Waals surface area contributed by atoms with Crippen molar-refractivity contribution in [2.75, 3.05) is 6.79 Å². The molecule has 0 radical (unpaired) electrons. The zero-order chi connectivity index (χ0) is 12.5. The average molecular weight is 241 g/mol. The lowest BCUT2D eigenvalue weighted by Gasteiger charge is -2.13. The van der Waals surface area contributed by atoms with E-state index >= 15 is 0 Å². The molecule has 1 aliphatic rings. The molecule has 92 valence electrons. The molecule has 2 aromatic rings. The van der Waals surface area contributed by atoms with Crippen LogP contribution in [-0.2, 0) is 0 Å². The molecule has 0 bridgehead atoms. The molecule has 2 aromatic carbocycles. The van der Waals surface area contributed by atoms with E-state index in [4.69, 9.17) is 15.2 Å². The summed E-state index contributed by atoms with van der Waals surface area (Å²) in [6, 6.07) is 14.0. The monoisotopic (exact) mass is 241 g/mol. The van der Waals surface area contributed by atoms with Crippen LogP contribution in [0.15, 0.2) is 42.5 Å². The summed E-state index contributed by atoms with van der Waals surface area (Å²) in [6.07, 6.45) is 0. The Morgan fingerprint density at radius 3 is 2.39 bits per heavy atom. The number of aryl methyl sites for hydroxylation is 1. The van der Waals surface area contributed by atoms with Gasteiger partial charge in [0.25, 0.3) is 0 Å². The number of hydrogen-bond acceptors (Lipinski definition) is 3. The Hall–Kier alpha value is -2.00. The highest BCUT2D eigenvalue weighted by Gasteiger charge is 2.16. The SMILES string of the molecule is Cc1ccc(C(N)c2ccc3c(c2)OCO3)cc1. The second-order valence-corrected chi connectivity index (χ2v) is 4.50. The molecule has 0 saturated heterocycles. The van der Waals surface area contributed by atoms with Gasteiger partial charge in [0.05, 0.1) is 6.04 Å². The minimum absolute atomic E-state index is 0.139. The summed E-state index contributed by atoms with van der Waals surface area (Å²) in [4.78, 5) is 0. The maximum Gasteiger partial charge on any atom is 0.231 e. The molecule has 0 saturated carbocycles. The second kappa shape index (κ2) is 4.35. The summed E-state index contributed by atoms with van der Waals surface area (Å²) in [6.45, 7) is 2.36. The summed E-state index contributed by atoms with van der Waals surface area (Å²) in [5.74, 6) is 1.56. The summed E-state index contributed by atoms with van der Waals surface area (Å²) in [5, 5.41) is 0. The van der Waals surface area contributed by atoms with Crippen LogP contribution in [0.5, 0.6) is 11.5 Å². The summed E-state index contributed by atoms with van der Waals surface area (Å²) < 4.78 is 10.7. The van der Waals surface area contributed by atoms with E-state index in [9.17, 15) is 0 Å². The lowest BCUT2D eigenvalue weighted by atomic mass is 9.98. The molecule has 1 atom stereocenters. The molecule has 1 aliphatic heterocycles. The van der Waals surface area contributed by atoms with Crippen molar-refractivity contribution in [3.63, 3.8) is 0 Å². The summed E-state index contributed by atoms with van der Waals surface area (Å²) >= 11 is 0. The minimum atomic E-state index is -0.139. The zero-order valence-corrected chi connectivity index (χ0v) is 10.2. The lowest BCUT2D eigenvalue weighted by Crippen LogP contribution is -2.11. The molecule has 3 nitrogen and oxygen atoms in total. The van der Waals surface area contributed by atoms with Crippen molar-refractivity contribution in [1.29, 1.82) is 0 Å². The van der Waals surface area contributed by atoms with Gasteiger partial charge in [-0.25, -0.2) is 0 Å². The molecule has 0 amide bonds. The van der Waals surface area contributed by atoms with Crippen molar-refractivity contribution < 1.29 is 9.47 Å². The molecule has 1 unspecified atom stereocenters. The van der Waals surface area contributed by atoms with Crippen LogP contribution in [0.3, 0.4) is 0 Å². The minimum Gasteiger partial charge on any atom is -0.454 e. The average Bonchev–Trinajstić information content (AvgIpc) is 2.86. The molecular weight excluding hydrogens is 226 g/mol. The number of nitrogens with two attached hydrogens (primary N) is 1. The Kier molecular flexibility index (Phi) is 2.68. The van der Waals surface area contributed by atoms with E-state index in [0.29, 0.717) is 6.79 Å². The molecule has 0 fully saturated rings. The summed E-state index contributed by atoms with van der Waals surface area (Å²) in [5.41, 5.74) is 9.62. The molecule has 0 aromatic heterocycles. The number of ether oxygens (including phenoxy) is 2. The van der Waals surface area contributed by atoms with E-state index in [1.807, 2.05) is 18.2 Å². The predicted molar refractivity (Wildman–Crippen MR) is 69.8 cm³/mol. The molecule has 1 heterocycles. The third kappa shape index (κ3) is 1.93. The highest BCUT2D eigenvalue weighted by molar-refractivity contribution is 5.47. The molecule has 18 heavy (non-hydrogen) atoms. The van der Waals surface area contributed by atoms with Crippen LogP contribution in [0, 0.1) is 6.92 Å². The van der Waals surface area contributed by atoms with Crippen LogP contribution in [0.4, 0.5) is 0 Å². The maximum atomic E-state index is 6.26. The Morgan fingerprint density at radius 1 is 0.944 bits per heavy atom. The highest BCUT2D eigenvalue weighted by Crippen LogP contribution is 2.34. The molecule has 0 spiro atoms. The molecule has 0 aliphatic carbocycles. The van der Waals surface area contributed by atoms with Crippen LogP contribution < -0.4 is 15.2 Å². The Labute approximate surface area is 106 Å². The van der Waals surface area contributed by atoms with E-state index < -0.39 is 0 Å². The predicted octanol–water partition coefficient (Wildman–Crippen LogP) is 2.77. The Balaban J connectivity index is 1.92. The quantitative estimate of drug-likeness (QED) is 0.879. The fourth-order valence-corrected chi connectivity index (χ4v) is 2.07. The third-order valence-electron chi connectivity index (χ3n) is 3.19. The summed E-state index contributed by atoms with van der Waals surface area (Å²) in [7, 11) is 0. The van der Waals surface area contributed by atoms with Crippen molar-refractivity contribution in [2.45, 2.75) is 13.0 Å². The van der Waals surface area contributed by atoms with Gasteiger partial charge in [0.2, 0.25) is 6.79 Å². The number of hydrogen-bond donors (Lipinski definition) is 1. The van der Waals surface area contributed by atoms with Gasteiger partial charge in [0, 0.05) is 0 Å². The Bertz CT molecular complexity index is 563. The van der Waals surface area contributed by atoms with Crippen LogP contribution in [0.1, 0.15) is 22.7 Å². The molecular formula is C15H15NO2. The number of fused-ring (bicyclic) bond motifs is 1. The second-order valence-electron chi connectivity index (χ2n) is 4.50. The van der Waals surface area contributed by atoms with Crippen molar-refractivity contribution >= 4 is 0 Å². The molecule has 3 rings (SSSR count). The number of benzene rings is 2. The third-order valence-corrected chi connectivity index (χ3v) is 3.19. The van der Waals surface area contributed by atoms with Gasteiger partial charge in [-0.15, -0.1) is 0 Å². The van der Waals surface area contributed by atoms with Crippen LogP contribution in [-0.4, -0.2) is 6.79 Å². The molecule has 2 N–H and O–H groups in total. The first-order valence-corrected chi connectivity index (χ1v) is 5.96. The largest absolute Gasteiger partial charge is 0.454 e. The topological polar surface area (TPSA) is 44.5 Å². The van der Waals surface area contributed by atoms with Crippen molar-refractivity contribution in [3.8, 4) is 11.5 Å². The Morgan fingerprint density at radius 2 is 1.61 bits per heavy atom. The smallest absolute Gasteiger partial charge is 0.231 e. The lowest BCUT2D eigenvalue weighted by molar-refractivity contribution is 0.174. The van der Waals surface area contributed by atoms with Gasteiger partial charge in [0.1, 0.15) is 0 Å². The van der Waals surface area contributed by atoms with Gasteiger partial charge in [-0.1, -0.05) is 35.9 Å². The fraction of sp³-hybridized carbons (Fsp3) is 0.200. The van der Waals surface area contributed by atoms with Crippen molar-refractivity contribution in [2.24, 2.45) is 5.73 Å².